The van der Waals surface area contributed by atoms with Gasteiger partial charge < -0.3 is 0 Å². The van der Waals surface area contributed by atoms with Crippen LogP contribution in [0.5, 0.6) is 0 Å². The number of rotatable bonds is 2. The maximum absolute atomic E-state index is 9.31. The average molecular weight is 341 g/mol. The van der Waals surface area contributed by atoms with Gasteiger partial charge in [-0.2, -0.15) is 5.26 Å². The first-order valence-corrected chi connectivity index (χ1v) is 7.61. The summed E-state index contributed by atoms with van der Waals surface area (Å²) in [6.07, 6.45) is 1.64. The second-order valence-corrected chi connectivity index (χ2v) is 6.07. The molecular formula is C16H9BrN2S. The van der Waals surface area contributed by atoms with Crippen LogP contribution in [0.2, 0.25) is 0 Å². The molecule has 0 radical (unpaired) electrons. The zero-order chi connectivity index (χ0) is 13.9. The van der Waals surface area contributed by atoms with E-state index in [2.05, 4.69) is 27.0 Å². The van der Waals surface area contributed by atoms with Gasteiger partial charge in [-0.05, 0) is 34.1 Å². The lowest BCUT2D eigenvalue weighted by Crippen LogP contribution is -1.88. The Bertz CT molecular complexity index is 824. The van der Waals surface area contributed by atoms with Crippen molar-refractivity contribution < 1.29 is 0 Å². The zero-order valence-electron chi connectivity index (χ0n) is 10.4. The number of pyridine rings is 1. The van der Waals surface area contributed by atoms with Crippen molar-refractivity contribution in [3.8, 4) is 6.07 Å². The Morgan fingerprint density at radius 2 is 1.80 bits per heavy atom. The first-order chi connectivity index (χ1) is 9.79. The third-order valence-electron chi connectivity index (χ3n) is 2.90. The van der Waals surface area contributed by atoms with Crippen LogP contribution in [0.15, 0.2) is 69.0 Å². The van der Waals surface area contributed by atoms with Crippen molar-refractivity contribution in [2.24, 2.45) is 0 Å². The maximum atomic E-state index is 9.31. The number of nitrogens with zero attached hydrogens (tertiary/aromatic N) is 2. The van der Waals surface area contributed by atoms with Crippen molar-refractivity contribution in [1.82, 2.24) is 4.98 Å². The van der Waals surface area contributed by atoms with Crippen LogP contribution in [0.3, 0.4) is 0 Å². The number of hydrogen-bond acceptors (Lipinski definition) is 3. The van der Waals surface area contributed by atoms with Crippen LogP contribution >= 0.6 is 27.7 Å². The molecule has 20 heavy (non-hydrogen) atoms. The summed E-state index contributed by atoms with van der Waals surface area (Å²) in [6, 6.07) is 18.1. The lowest BCUT2D eigenvalue weighted by molar-refractivity contribution is 1.29. The number of halogens is 1. The summed E-state index contributed by atoms with van der Waals surface area (Å²) in [6.45, 7) is 0. The third kappa shape index (κ3) is 2.43. The highest BCUT2D eigenvalue weighted by Crippen LogP contribution is 2.38. The first kappa shape index (κ1) is 13.2. The van der Waals surface area contributed by atoms with Crippen molar-refractivity contribution in [2.75, 3.05) is 0 Å². The van der Waals surface area contributed by atoms with E-state index in [1.165, 1.54) is 0 Å². The summed E-state index contributed by atoms with van der Waals surface area (Å²) < 4.78 is 1.02. The number of aromatic nitrogens is 1. The summed E-state index contributed by atoms with van der Waals surface area (Å²) >= 11 is 5.13. The largest absolute Gasteiger partial charge is 0.255 e. The fourth-order valence-electron chi connectivity index (χ4n) is 1.94. The summed E-state index contributed by atoms with van der Waals surface area (Å²) in [4.78, 5) is 6.36. The minimum Gasteiger partial charge on any atom is -0.255 e. The Morgan fingerprint density at radius 1 is 1.05 bits per heavy atom. The van der Waals surface area contributed by atoms with Gasteiger partial charge in [0.1, 0.15) is 6.07 Å². The van der Waals surface area contributed by atoms with Crippen molar-refractivity contribution in [1.29, 1.82) is 5.26 Å². The molecule has 0 amide bonds. The van der Waals surface area contributed by atoms with E-state index in [4.69, 9.17) is 0 Å². The third-order valence-corrected chi connectivity index (χ3v) is 5.07. The molecule has 0 saturated carbocycles. The van der Waals surface area contributed by atoms with Crippen molar-refractivity contribution in [3.63, 3.8) is 0 Å². The lowest BCUT2D eigenvalue weighted by Gasteiger charge is -2.09. The molecule has 4 heteroatoms. The van der Waals surface area contributed by atoms with Crippen LogP contribution in [0.1, 0.15) is 5.56 Å². The van der Waals surface area contributed by atoms with Crippen LogP contribution < -0.4 is 0 Å². The Balaban J connectivity index is 2.20. The topological polar surface area (TPSA) is 36.7 Å². The quantitative estimate of drug-likeness (QED) is 0.657. The molecule has 0 bridgehead atoms. The van der Waals surface area contributed by atoms with E-state index in [9.17, 15) is 5.26 Å². The molecule has 0 saturated heterocycles. The Labute approximate surface area is 129 Å². The van der Waals surface area contributed by atoms with E-state index in [1.807, 2.05) is 48.5 Å². The van der Waals surface area contributed by atoms with Gasteiger partial charge in [0.2, 0.25) is 0 Å². The predicted molar refractivity (Wildman–Crippen MR) is 84.7 cm³/mol. The Hall–Kier alpha value is -1.83. The highest BCUT2D eigenvalue weighted by molar-refractivity contribution is 9.10. The van der Waals surface area contributed by atoms with Crippen molar-refractivity contribution in [3.05, 3.63) is 64.8 Å². The second kappa shape index (κ2) is 5.66. The van der Waals surface area contributed by atoms with Crippen LogP contribution in [-0.4, -0.2) is 4.98 Å². The van der Waals surface area contributed by atoms with Crippen molar-refractivity contribution in [2.45, 2.75) is 9.79 Å². The normalized spacial score (nSPS) is 10.4. The fourth-order valence-corrected chi connectivity index (χ4v) is 3.49. The number of nitriles is 1. The highest BCUT2D eigenvalue weighted by Gasteiger charge is 2.11. The van der Waals surface area contributed by atoms with Gasteiger partial charge in [0, 0.05) is 25.8 Å². The molecule has 0 aliphatic heterocycles. The molecule has 0 aliphatic carbocycles. The summed E-state index contributed by atoms with van der Waals surface area (Å²) in [5.41, 5.74) is 1.51. The van der Waals surface area contributed by atoms with Crippen molar-refractivity contribution >= 4 is 38.6 Å². The van der Waals surface area contributed by atoms with Gasteiger partial charge in [0.15, 0.2) is 0 Å². The van der Waals surface area contributed by atoms with Crippen LogP contribution in [-0.2, 0) is 0 Å². The van der Waals surface area contributed by atoms with Gasteiger partial charge in [-0.1, -0.05) is 42.1 Å². The number of benzene rings is 2. The van der Waals surface area contributed by atoms with E-state index < -0.39 is 0 Å². The zero-order valence-corrected chi connectivity index (χ0v) is 12.8. The minimum atomic E-state index is 0.601. The monoisotopic (exact) mass is 340 g/mol. The molecule has 0 unspecified atom stereocenters. The summed E-state index contributed by atoms with van der Waals surface area (Å²) in [5, 5.41) is 10.3. The molecule has 0 aliphatic rings. The van der Waals surface area contributed by atoms with Gasteiger partial charge in [-0.15, -0.1) is 0 Å². The van der Waals surface area contributed by atoms with Crippen LogP contribution in [0.4, 0.5) is 0 Å². The predicted octanol–water partition coefficient (Wildman–Crippen LogP) is 5.02. The molecule has 1 aromatic heterocycles. The van der Waals surface area contributed by atoms with E-state index in [0.717, 1.165) is 25.2 Å². The molecule has 0 atom stereocenters. The Kier molecular flexibility index (Phi) is 3.72. The van der Waals surface area contributed by atoms with Gasteiger partial charge in [-0.25, -0.2) is 0 Å². The summed E-state index contributed by atoms with van der Waals surface area (Å²) in [5.74, 6) is 0. The first-order valence-electron chi connectivity index (χ1n) is 6.00. The number of hydrogen-bond donors (Lipinski definition) is 0. The molecule has 96 valence electrons. The molecule has 1 heterocycles. The SMILES string of the molecule is N#Cc1cnc2ccccc2c1Sc1ccccc1Br. The summed E-state index contributed by atoms with van der Waals surface area (Å²) in [7, 11) is 0. The molecule has 0 fully saturated rings. The second-order valence-electron chi connectivity index (χ2n) is 4.16. The lowest BCUT2D eigenvalue weighted by atomic mass is 10.2. The molecule has 0 spiro atoms. The molecule has 2 aromatic carbocycles. The molecule has 3 aromatic rings. The standard InChI is InChI=1S/C16H9BrN2S/c17-13-6-2-4-8-15(13)20-16-11(9-18)10-19-14-7-3-1-5-12(14)16/h1-8,10H. The van der Waals surface area contributed by atoms with Crippen LogP contribution in [0.25, 0.3) is 10.9 Å². The maximum Gasteiger partial charge on any atom is 0.102 e. The smallest absolute Gasteiger partial charge is 0.102 e. The Morgan fingerprint density at radius 3 is 2.60 bits per heavy atom. The minimum absolute atomic E-state index is 0.601. The molecule has 2 nitrogen and oxygen atoms in total. The average Bonchev–Trinajstić information content (AvgIpc) is 2.50. The van der Waals surface area contributed by atoms with Crippen LogP contribution in [0, 0.1) is 11.3 Å². The van der Waals surface area contributed by atoms with E-state index in [1.54, 1.807) is 18.0 Å². The van der Waals surface area contributed by atoms with E-state index >= 15 is 0 Å². The van der Waals surface area contributed by atoms with Gasteiger partial charge in [0.25, 0.3) is 0 Å². The number of fused-ring (bicyclic) bond motifs is 1. The molecule has 0 N–H and O–H groups in total. The molecule has 3 rings (SSSR count). The van der Waals surface area contributed by atoms with Gasteiger partial charge >= 0.3 is 0 Å². The highest BCUT2D eigenvalue weighted by atomic mass is 79.9. The number of para-hydroxylation sites is 1. The molecular weight excluding hydrogens is 332 g/mol. The van der Waals surface area contributed by atoms with Gasteiger partial charge in [0.05, 0.1) is 11.1 Å². The van der Waals surface area contributed by atoms with E-state index in [-0.39, 0.29) is 0 Å². The van der Waals surface area contributed by atoms with E-state index in [0.29, 0.717) is 5.56 Å². The fraction of sp³-hybridized carbons (Fsp3) is 0. The van der Waals surface area contributed by atoms with Gasteiger partial charge in [-0.3, -0.25) is 4.98 Å².